The van der Waals surface area contributed by atoms with E-state index in [1.54, 1.807) is 11.8 Å². The fraction of sp³-hybridized carbons (Fsp3) is 0.467. The van der Waals surface area contributed by atoms with E-state index in [0.717, 1.165) is 23.5 Å². The molecule has 1 atom stereocenters. The molecule has 2 rings (SSSR count). The number of carboxylic acids is 1. The lowest BCUT2D eigenvalue weighted by molar-refractivity contribution is -0.144. The van der Waals surface area contributed by atoms with Gasteiger partial charge in [-0.25, -0.2) is 0 Å². The summed E-state index contributed by atoms with van der Waals surface area (Å²) in [5, 5.41) is 11.9. The maximum Gasteiger partial charge on any atom is 0.307 e. The van der Waals surface area contributed by atoms with Crippen molar-refractivity contribution in [2.45, 2.75) is 17.7 Å². The van der Waals surface area contributed by atoms with Gasteiger partial charge in [-0.05, 0) is 43.8 Å². The van der Waals surface area contributed by atoms with Crippen molar-refractivity contribution in [1.29, 1.82) is 0 Å². The fourth-order valence-corrected chi connectivity index (χ4v) is 2.96. The second-order valence-corrected chi connectivity index (χ2v) is 6.07. The van der Waals surface area contributed by atoms with Crippen molar-refractivity contribution in [2.24, 2.45) is 5.92 Å². The number of rotatable bonds is 5. The normalized spacial score (nSPS) is 18.3. The number of amides is 1. The van der Waals surface area contributed by atoms with Crippen LogP contribution in [0.5, 0.6) is 0 Å². The zero-order chi connectivity index (χ0) is 15.2. The van der Waals surface area contributed by atoms with Crippen molar-refractivity contribution in [3.8, 4) is 0 Å². The van der Waals surface area contributed by atoms with Crippen molar-refractivity contribution in [2.75, 3.05) is 31.2 Å². The minimum Gasteiger partial charge on any atom is -0.481 e. The summed E-state index contributed by atoms with van der Waals surface area (Å²) in [4.78, 5) is 26.1. The van der Waals surface area contributed by atoms with Gasteiger partial charge < -0.3 is 10.4 Å². The van der Waals surface area contributed by atoms with Crippen LogP contribution in [0, 0.1) is 5.92 Å². The number of thioether (sulfide) groups is 1. The van der Waals surface area contributed by atoms with Gasteiger partial charge in [0.1, 0.15) is 0 Å². The quantitative estimate of drug-likeness (QED) is 0.803. The molecule has 1 aromatic carbocycles. The first-order valence-corrected chi connectivity index (χ1v) is 8.20. The Morgan fingerprint density at radius 3 is 2.91 bits per heavy atom. The van der Waals surface area contributed by atoms with Crippen LogP contribution in [0.2, 0.25) is 0 Å². The second-order valence-electron chi connectivity index (χ2n) is 5.19. The van der Waals surface area contributed by atoms with Crippen molar-refractivity contribution in [3.05, 3.63) is 24.3 Å². The summed E-state index contributed by atoms with van der Waals surface area (Å²) < 4.78 is 0. The number of benzene rings is 1. The van der Waals surface area contributed by atoms with Gasteiger partial charge in [0.15, 0.2) is 0 Å². The highest BCUT2D eigenvalue weighted by Crippen LogP contribution is 2.19. The first-order valence-electron chi connectivity index (χ1n) is 6.97. The first kappa shape index (κ1) is 18.8. The van der Waals surface area contributed by atoms with Crippen molar-refractivity contribution in [1.82, 2.24) is 4.90 Å². The molecule has 1 fully saturated rings. The van der Waals surface area contributed by atoms with Crippen molar-refractivity contribution >= 4 is 41.7 Å². The number of piperidine rings is 1. The van der Waals surface area contributed by atoms with Crippen LogP contribution >= 0.6 is 24.2 Å². The van der Waals surface area contributed by atoms with Crippen LogP contribution in [0.3, 0.4) is 0 Å². The first-order chi connectivity index (χ1) is 10.1. The second kappa shape index (κ2) is 9.02. The number of hydrogen-bond acceptors (Lipinski definition) is 4. The number of nitrogens with zero attached hydrogens (tertiary/aromatic N) is 1. The molecule has 5 nitrogen and oxygen atoms in total. The molecule has 1 saturated heterocycles. The molecule has 0 bridgehead atoms. The van der Waals surface area contributed by atoms with E-state index in [2.05, 4.69) is 5.32 Å². The molecule has 1 amide bonds. The molecule has 22 heavy (non-hydrogen) atoms. The number of likely N-dealkylation sites (tertiary alicyclic amines) is 1. The third kappa shape index (κ3) is 5.51. The van der Waals surface area contributed by atoms with Gasteiger partial charge in [0.25, 0.3) is 0 Å². The molecule has 1 heterocycles. The van der Waals surface area contributed by atoms with Gasteiger partial charge in [0, 0.05) is 17.1 Å². The van der Waals surface area contributed by atoms with Gasteiger partial charge in [-0.1, -0.05) is 6.07 Å². The monoisotopic (exact) mass is 344 g/mol. The Morgan fingerprint density at radius 2 is 2.23 bits per heavy atom. The number of nitrogens with one attached hydrogen (secondary N) is 1. The molecule has 2 N–H and O–H groups in total. The number of carbonyl (C=O) groups excluding carboxylic acids is 1. The zero-order valence-corrected chi connectivity index (χ0v) is 14.1. The third-order valence-corrected chi connectivity index (χ3v) is 4.30. The van der Waals surface area contributed by atoms with Crippen LogP contribution in [0.4, 0.5) is 5.69 Å². The standard InChI is InChI=1S/C15H20N2O3S.ClH/c1-21-13-6-2-5-12(8-13)16-14(18)10-17-7-3-4-11(9-17)15(19)20;/h2,5-6,8,11H,3-4,7,9-10H2,1H3,(H,16,18)(H,19,20);1H. The minimum atomic E-state index is -0.771. The summed E-state index contributed by atoms with van der Waals surface area (Å²) in [6.07, 6.45) is 3.51. The molecular formula is C15H21ClN2O3S. The summed E-state index contributed by atoms with van der Waals surface area (Å²) in [5.41, 5.74) is 0.777. The Bertz CT molecular complexity index is 527. The average Bonchev–Trinajstić information content (AvgIpc) is 2.47. The number of hydrogen-bond donors (Lipinski definition) is 2. The highest BCUT2D eigenvalue weighted by atomic mass is 35.5. The van der Waals surface area contributed by atoms with E-state index in [-0.39, 0.29) is 30.8 Å². The van der Waals surface area contributed by atoms with E-state index in [1.807, 2.05) is 35.4 Å². The van der Waals surface area contributed by atoms with Gasteiger partial charge in [-0.2, -0.15) is 0 Å². The van der Waals surface area contributed by atoms with E-state index in [1.165, 1.54) is 0 Å². The van der Waals surface area contributed by atoms with Gasteiger partial charge in [-0.15, -0.1) is 24.2 Å². The van der Waals surface area contributed by atoms with Crippen LogP contribution < -0.4 is 5.32 Å². The molecule has 1 aliphatic rings. The molecule has 122 valence electrons. The third-order valence-electron chi connectivity index (χ3n) is 3.58. The number of aliphatic carboxylic acids is 1. The topological polar surface area (TPSA) is 69.6 Å². The summed E-state index contributed by atoms with van der Waals surface area (Å²) in [7, 11) is 0. The van der Waals surface area contributed by atoms with E-state index in [0.29, 0.717) is 13.0 Å². The molecule has 7 heteroatoms. The van der Waals surface area contributed by atoms with Crippen molar-refractivity contribution < 1.29 is 14.7 Å². The maximum atomic E-state index is 12.0. The summed E-state index contributed by atoms with van der Waals surface area (Å²) in [6.45, 7) is 1.48. The van der Waals surface area contributed by atoms with E-state index in [4.69, 9.17) is 5.11 Å². The predicted molar refractivity (Wildman–Crippen MR) is 90.9 cm³/mol. The molecule has 0 radical (unpaired) electrons. The highest BCUT2D eigenvalue weighted by Gasteiger charge is 2.26. The zero-order valence-electron chi connectivity index (χ0n) is 12.4. The van der Waals surface area contributed by atoms with Gasteiger partial charge in [0.2, 0.25) is 5.91 Å². The number of carboxylic acid groups (broad SMARTS) is 1. The Morgan fingerprint density at radius 1 is 1.45 bits per heavy atom. The van der Waals surface area contributed by atoms with Crippen LogP contribution in [0.1, 0.15) is 12.8 Å². The molecule has 0 aromatic heterocycles. The summed E-state index contributed by atoms with van der Waals surface area (Å²) in [5.74, 6) is -1.22. The lowest BCUT2D eigenvalue weighted by atomic mass is 9.98. The van der Waals surface area contributed by atoms with Crippen LogP contribution in [0.15, 0.2) is 29.2 Å². The van der Waals surface area contributed by atoms with Crippen molar-refractivity contribution in [3.63, 3.8) is 0 Å². The summed E-state index contributed by atoms with van der Waals surface area (Å²) >= 11 is 1.62. The lowest BCUT2D eigenvalue weighted by Gasteiger charge is -2.29. The number of halogens is 1. The van der Waals surface area contributed by atoms with Crippen LogP contribution in [0.25, 0.3) is 0 Å². The summed E-state index contributed by atoms with van der Waals surface area (Å²) in [6, 6.07) is 7.68. The van der Waals surface area contributed by atoms with Crippen LogP contribution in [-0.2, 0) is 9.59 Å². The van der Waals surface area contributed by atoms with E-state index >= 15 is 0 Å². The lowest BCUT2D eigenvalue weighted by Crippen LogP contribution is -2.42. The Balaban J connectivity index is 0.00000242. The molecule has 1 aliphatic heterocycles. The maximum absolute atomic E-state index is 12.0. The molecule has 0 spiro atoms. The van der Waals surface area contributed by atoms with Gasteiger partial charge >= 0.3 is 5.97 Å². The predicted octanol–water partition coefficient (Wildman–Crippen LogP) is 2.57. The smallest absolute Gasteiger partial charge is 0.307 e. The Labute approximate surface area is 140 Å². The highest BCUT2D eigenvalue weighted by molar-refractivity contribution is 7.98. The molecule has 1 unspecified atom stereocenters. The average molecular weight is 345 g/mol. The fourth-order valence-electron chi connectivity index (χ4n) is 2.51. The minimum absolute atomic E-state index is 0. The van der Waals surface area contributed by atoms with Gasteiger partial charge in [0.05, 0.1) is 12.5 Å². The van der Waals surface area contributed by atoms with E-state index < -0.39 is 5.97 Å². The molecule has 0 saturated carbocycles. The molecule has 1 aromatic rings. The van der Waals surface area contributed by atoms with E-state index in [9.17, 15) is 9.59 Å². The Hall–Kier alpha value is -1.24. The molecule has 0 aliphatic carbocycles. The largest absolute Gasteiger partial charge is 0.481 e. The molecular weight excluding hydrogens is 324 g/mol. The Kier molecular flexibility index (Phi) is 7.72. The van der Waals surface area contributed by atoms with Crippen LogP contribution in [-0.4, -0.2) is 47.8 Å². The SMILES string of the molecule is CSc1cccc(NC(=O)CN2CCCC(C(=O)O)C2)c1.Cl. The number of carbonyl (C=O) groups is 2. The van der Waals surface area contributed by atoms with Gasteiger partial charge in [-0.3, -0.25) is 14.5 Å². The number of anilines is 1.